The molecule has 19 heavy (non-hydrogen) atoms. The molecule has 2 nitrogen and oxygen atoms in total. The molecule has 1 saturated carbocycles. The molecule has 1 aromatic rings. The molecule has 2 N–H and O–H groups in total. The van der Waals surface area contributed by atoms with Gasteiger partial charge < -0.3 is 5.73 Å². The number of nitrogens with two attached hydrogens (primary N) is 1. The minimum absolute atomic E-state index is 0.253. The van der Waals surface area contributed by atoms with E-state index in [2.05, 4.69) is 24.9 Å². The lowest BCUT2D eigenvalue weighted by Gasteiger charge is -2.34. The fourth-order valence-electron chi connectivity index (χ4n) is 3.18. The van der Waals surface area contributed by atoms with Crippen molar-refractivity contribution in [2.75, 3.05) is 13.6 Å². The zero-order valence-electron chi connectivity index (χ0n) is 11.6. The molecule has 0 bridgehead atoms. The first-order valence-corrected chi connectivity index (χ1v) is 7.67. The Balaban J connectivity index is 2.18. The quantitative estimate of drug-likeness (QED) is 0.906. The van der Waals surface area contributed by atoms with Crippen LogP contribution in [0.25, 0.3) is 0 Å². The summed E-state index contributed by atoms with van der Waals surface area (Å²) < 4.78 is 0. The van der Waals surface area contributed by atoms with Crippen molar-refractivity contribution >= 4 is 23.2 Å². The Morgan fingerprint density at radius 2 is 2.11 bits per heavy atom. The van der Waals surface area contributed by atoms with Gasteiger partial charge in [0, 0.05) is 12.1 Å². The first-order chi connectivity index (χ1) is 9.06. The second-order valence-electron chi connectivity index (χ2n) is 5.48. The maximum absolute atomic E-state index is 6.33. The van der Waals surface area contributed by atoms with Gasteiger partial charge in [0.25, 0.3) is 0 Å². The predicted molar refractivity (Wildman–Crippen MR) is 82.8 cm³/mol. The van der Waals surface area contributed by atoms with Crippen LogP contribution in [-0.2, 0) is 0 Å². The van der Waals surface area contributed by atoms with Gasteiger partial charge in [-0.3, -0.25) is 4.90 Å². The van der Waals surface area contributed by atoms with Gasteiger partial charge in [-0.2, -0.15) is 0 Å². The van der Waals surface area contributed by atoms with Gasteiger partial charge in [0.2, 0.25) is 0 Å². The number of rotatable bonds is 4. The van der Waals surface area contributed by atoms with Gasteiger partial charge in [0.05, 0.1) is 10.0 Å². The zero-order valence-corrected chi connectivity index (χ0v) is 13.1. The van der Waals surface area contributed by atoms with E-state index in [1.807, 2.05) is 12.1 Å². The lowest BCUT2D eigenvalue weighted by molar-refractivity contribution is 0.152. The maximum Gasteiger partial charge on any atom is 0.0640 e. The third-order valence-electron chi connectivity index (χ3n) is 4.49. The highest BCUT2D eigenvalue weighted by Crippen LogP contribution is 2.37. The minimum Gasteiger partial charge on any atom is -0.330 e. The van der Waals surface area contributed by atoms with Crippen LogP contribution in [0.1, 0.15) is 37.8 Å². The van der Waals surface area contributed by atoms with Crippen molar-refractivity contribution in [1.29, 1.82) is 0 Å². The van der Waals surface area contributed by atoms with Crippen LogP contribution in [0.15, 0.2) is 18.2 Å². The van der Waals surface area contributed by atoms with Crippen LogP contribution in [0.4, 0.5) is 0 Å². The van der Waals surface area contributed by atoms with Gasteiger partial charge >= 0.3 is 0 Å². The van der Waals surface area contributed by atoms with Gasteiger partial charge in [-0.1, -0.05) is 41.8 Å². The highest BCUT2D eigenvalue weighted by atomic mass is 35.5. The van der Waals surface area contributed by atoms with Crippen molar-refractivity contribution in [3.8, 4) is 0 Å². The Labute approximate surface area is 125 Å². The first kappa shape index (κ1) is 15.1. The van der Waals surface area contributed by atoms with Gasteiger partial charge in [-0.05, 0) is 50.9 Å². The largest absolute Gasteiger partial charge is 0.330 e. The van der Waals surface area contributed by atoms with Crippen LogP contribution in [0.5, 0.6) is 0 Å². The third-order valence-corrected chi connectivity index (χ3v) is 5.32. The second-order valence-corrected chi connectivity index (χ2v) is 6.26. The molecule has 2 rings (SSSR count). The van der Waals surface area contributed by atoms with Crippen LogP contribution >= 0.6 is 23.2 Å². The lowest BCUT2D eigenvalue weighted by atomic mass is 9.99. The van der Waals surface area contributed by atoms with Crippen molar-refractivity contribution in [2.24, 2.45) is 11.7 Å². The molecule has 0 heterocycles. The van der Waals surface area contributed by atoms with E-state index in [0.717, 1.165) is 12.1 Å². The molecule has 0 saturated heterocycles. The summed E-state index contributed by atoms with van der Waals surface area (Å²) in [5, 5.41) is 1.30. The van der Waals surface area contributed by atoms with Gasteiger partial charge in [-0.25, -0.2) is 0 Å². The van der Waals surface area contributed by atoms with Crippen LogP contribution in [0.3, 0.4) is 0 Å². The topological polar surface area (TPSA) is 29.3 Å². The van der Waals surface area contributed by atoms with Crippen molar-refractivity contribution in [3.05, 3.63) is 33.8 Å². The average Bonchev–Trinajstić information content (AvgIpc) is 2.88. The minimum atomic E-state index is 0.253. The van der Waals surface area contributed by atoms with Crippen LogP contribution in [0.2, 0.25) is 10.0 Å². The van der Waals surface area contributed by atoms with Crippen LogP contribution in [-0.4, -0.2) is 24.5 Å². The number of benzene rings is 1. The van der Waals surface area contributed by atoms with E-state index in [9.17, 15) is 0 Å². The van der Waals surface area contributed by atoms with Gasteiger partial charge in [-0.15, -0.1) is 0 Å². The molecule has 0 spiro atoms. The monoisotopic (exact) mass is 300 g/mol. The molecular formula is C15H22Cl2N2. The Kier molecular flexibility index (Phi) is 5.13. The van der Waals surface area contributed by atoms with Crippen LogP contribution in [0, 0.1) is 5.92 Å². The summed E-state index contributed by atoms with van der Waals surface area (Å²) in [4.78, 5) is 2.40. The molecule has 1 aliphatic rings. The molecule has 3 atom stereocenters. The van der Waals surface area contributed by atoms with Gasteiger partial charge in [0.1, 0.15) is 0 Å². The molecule has 4 heteroatoms. The number of hydrogen-bond donors (Lipinski definition) is 1. The van der Waals surface area contributed by atoms with E-state index >= 15 is 0 Å². The fraction of sp³-hybridized carbons (Fsp3) is 0.600. The van der Waals surface area contributed by atoms with Crippen molar-refractivity contribution in [2.45, 2.75) is 38.3 Å². The predicted octanol–water partition coefficient (Wildman–Crippen LogP) is 4.11. The van der Waals surface area contributed by atoms with Crippen molar-refractivity contribution in [1.82, 2.24) is 4.90 Å². The third kappa shape index (κ3) is 3.08. The van der Waals surface area contributed by atoms with E-state index in [4.69, 9.17) is 28.9 Å². The summed E-state index contributed by atoms with van der Waals surface area (Å²) in [5.74, 6) is 0.602. The van der Waals surface area contributed by atoms with Gasteiger partial charge in [0.15, 0.2) is 0 Å². The SMILES string of the molecule is CC(c1cccc(Cl)c1Cl)N(C)C1CCCC1CN. The summed E-state index contributed by atoms with van der Waals surface area (Å²) >= 11 is 12.4. The average molecular weight is 301 g/mol. The molecule has 0 aliphatic heterocycles. The fourth-order valence-corrected chi connectivity index (χ4v) is 3.64. The number of hydrogen-bond acceptors (Lipinski definition) is 2. The molecule has 106 valence electrons. The zero-order chi connectivity index (χ0) is 14.0. The number of nitrogens with zero attached hydrogens (tertiary/aromatic N) is 1. The summed E-state index contributed by atoms with van der Waals surface area (Å²) in [7, 11) is 2.17. The maximum atomic E-state index is 6.33. The second kappa shape index (κ2) is 6.45. The highest BCUT2D eigenvalue weighted by Gasteiger charge is 2.32. The Bertz CT molecular complexity index is 436. The Hall–Kier alpha value is -0.280. The van der Waals surface area contributed by atoms with Crippen molar-refractivity contribution < 1.29 is 0 Å². The lowest BCUT2D eigenvalue weighted by Crippen LogP contribution is -2.39. The molecule has 1 aliphatic carbocycles. The molecule has 0 aromatic heterocycles. The summed E-state index contributed by atoms with van der Waals surface area (Å²) in [6.45, 7) is 2.95. The molecule has 0 radical (unpaired) electrons. The molecule has 0 amide bonds. The molecule has 1 aromatic carbocycles. The van der Waals surface area contributed by atoms with E-state index < -0.39 is 0 Å². The smallest absolute Gasteiger partial charge is 0.0640 e. The standard InChI is InChI=1S/C15H22Cl2N2/c1-10(12-6-4-7-13(16)15(12)17)19(2)14-8-3-5-11(14)9-18/h4,6-7,10-11,14H,3,5,8-9,18H2,1-2H3. The van der Waals surface area contributed by atoms with E-state index in [0.29, 0.717) is 22.0 Å². The highest BCUT2D eigenvalue weighted by molar-refractivity contribution is 6.42. The molecule has 1 fully saturated rings. The number of halogens is 2. The Morgan fingerprint density at radius 1 is 1.37 bits per heavy atom. The summed E-state index contributed by atoms with van der Waals surface area (Å²) in [6, 6.07) is 6.65. The molecule has 3 unspecified atom stereocenters. The molecular weight excluding hydrogens is 279 g/mol. The summed E-state index contributed by atoms with van der Waals surface area (Å²) in [6.07, 6.45) is 3.73. The van der Waals surface area contributed by atoms with Crippen LogP contribution < -0.4 is 5.73 Å². The van der Waals surface area contributed by atoms with Crippen molar-refractivity contribution in [3.63, 3.8) is 0 Å². The Morgan fingerprint density at radius 3 is 2.79 bits per heavy atom. The first-order valence-electron chi connectivity index (χ1n) is 6.92. The van der Waals surface area contributed by atoms with E-state index in [-0.39, 0.29) is 6.04 Å². The van der Waals surface area contributed by atoms with E-state index in [1.54, 1.807) is 0 Å². The normalized spacial score (nSPS) is 24.9. The summed E-state index contributed by atoms with van der Waals surface area (Å²) in [5.41, 5.74) is 6.98. The van der Waals surface area contributed by atoms with E-state index in [1.165, 1.54) is 19.3 Å².